The van der Waals surface area contributed by atoms with Crippen molar-refractivity contribution in [2.45, 2.75) is 38.3 Å². The predicted molar refractivity (Wildman–Crippen MR) is 94.9 cm³/mol. The Morgan fingerprint density at radius 3 is 2.79 bits per heavy atom. The summed E-state index contributed by atoms with van der Waals surface area (Å²) in [4.78, 5) is 4.46. The average molecular weight is 327 g/mol. The van der Waals surface area contributed by atoms with E-state index in [1.165, 1.54) is 25.9 Å². The van der Waals surface area contributed by atoms with Crippen LogP contribution >= 0.6 is 0 Å². The molecule has 1 aromatic carbocycles. The number of aliphatic hydroxyl groups excluding tert-OH is 1. The van der Waals surface area contributed by atoms with Crippen LogP contribution in [0, 0.1) is 5.92 Å². The summed E-state index contributed by atoms with van der Waals surface area (Å²) in [5.41, 5.74) is 1.92. The topological polar surface area (TPSA) is 42.4 Å². The normalized spacial score (nSPS) is 30.5. The molecule has 3 aliphatic heterocycles. The second kappa shape index (κ2) is 6.01. The van der Waals surface area contributed by atoms with Gasteiger partial charge >= 0.3 is 0 Å². The number of piperidine rings is 3. The summed E-state index contributed by atoms with van der Waals surface area (Å²) >= 11 is 0. The Kier molecular flexibility index (Phi) is 3.97. The second-order valence-electron chi connectivity index (χ2n) is 7.46. The SMILES string of the molecule is CC[N+]12CCC(CC1)CC2[C@H](O)c1ccnc2ccc(OC)cc12. The molecule has 1 unspecified atom stereocenters. The molecule has 0 radical (unpaired) electrons. The third-order valence-electron chi connectivity index (χ3n) is 6.54. The lowest BCUT2D eigenvalue weighted by Crippen LogP contribution is -2.65. The number of benzene rings is 1. The number of rotatable bonds is 4. The van der Waals surface area contributed by atoms with E-state index in [0.29, 0.717) is 6.04 Å². The number of pyridine rings is 1. The molecule has 4 nitrogen and oxygen atoms in total. The Hall–Kier alpha value is -1.65. The Morgan fingerprint density at radius 2 is 2.08 bits per heavy atom. The molecule has 2 atom stereocenters. The van der Waals surface area contributed by atoms with Crippen molar-refractivity contribution in [2.75, 3.05) is 26.7 Å². The van der Waals surface area contributed by atoms with Gasteiger partial charge in [0.2, 0.25) is 0 Å². The highest BCUT2D eigenvalue weighted by atomic mass is 16.5. The van der Waals surface area contributed by atoms with E-state index in [9.17, 15) is 5.11 Å². The van der Waals surface area contributed by atoms with Gasteiger partial charge in [0.1, 0.15) is 17.9 Å². The third kappa shape index (κ3) is 2.40. The Morgan fingerprint density at radius 1 is 1.29 bits per heavy atom. The first kappa shape index (κ1) is 15.9. The maximum atomic E-state index is 11.3. The summed E-state index contributed by atoms with van der Waals surface area (Å²) in [6.07, 6.45) is 5.16. The highest BCUT2D eigenvalue weighted by Crippen LogP contribution is 2.44. The molecule has 3 saturated heterocycles. The van der Waals surface area contributed by atoms with Crippen LogP contribution in [0.3, 0.4) is 0 Å². The molecule has 3 aliphatic rings. The fourth-order valence-electron chi connectivity index (χ4n) is 4.99. The number of fused-ring (bicyclic) bond motifs is 4. The van der Waals surface area contributed by atoms with Crippen LogP contribution in [-0.4, -0.2) is 47.4 Å². The van der Waals surface area contributed by atoms with Crippen LogP contribution in [0.25, 0.3) is 10.9 Å². The van der Waals surface area contributed by atoms with Crippen molar-refractivity contribution in [2.24, 2.45) is 5.92 Å². The van der Waals surface area contributed by atoms with E-state index in [1.807, 2.05) is 30.5 Å². The molecular formula is C20H27N2O2+. The molecule has 24 heavy (non-hydrogen) atoms. The summed E-state index contributed by atoms with van der Waals surface area (Å²) in [6.45, 7) is 5.82. The first-order valence-corrected chi connectivity index (χ1v) is 9.13. The van der Waals surface area contributed by atoms with E-state index in [1.54, 1.807) is 7.11 Å². The Balaban J connectivity index is 1.76. The zero-order valence-corrected chi connectivity index (χ0v) is 14.6. The zero-order valence-electron chi connectivity index (χ0n) is 14.6. The van der Waals surface area contributed by atoms with Crippen molar-refractivity contribution in [3.05, 3.63) is 36.0 Å². The third-order valence-corrected chi connectivity index (χ3v) is 6.54. The number of aromatic nitrogens is 1. The number of nitrogens with zero attached hydrogens (tertiary/aromatic N) is 2. The lowest BCUT2D eigenvalue weighted by atomic mass is 9.77. The van der Waals surface area contributed by atoms with Crippen LogP contribution in [0.2, 0.25) is 0 Å². The van der Waals surface area contributed by atoms with Crippen LogP contribution in [0.15, 0.2) is 30.5 Å². The van der Waals surface area contributed by atoms with Crippen LogP contribution in [-0.2, 0) is 0 Å². The lowest BCUT2D eigenvalue weighted by molar-refractivity contribution is -0.968. The van der Waals surface area contributed by atoms with E-state index in [-0.39, 0.29) is 0 Å². The summed E-state index contributed by atoms with van der Waals surface area (Å²) in [6, 6.07) is 8.20. The van der Waals surface area contributed by atoms with Gasteiger partial charge in [-0.1, -0.05) is 0 Å². The first-order chi connectivity index (χ1) is 11.7. The van der Waals surface area contributed by atoms with Crippen molar-refractivity contribution < 1.29 is 14.3 Å². The molecule has 3 fully saturated rings. The number of hydrogen-bond donors (Lipinski definition) is 1. The molecule has 2 aromatic rings. The standard InChI is InChI=1S/C20H27N2O2/c1-3-22-10-7-14(8-11-22)12-19(22)20(23)16-6-9-21-18-5-4-15(24-2)13-17(16)18/h4-6,9,13-14,19-20,23H,3,7-8,10-12H2,1-2H3/q+1/t14?,19?,20-,22?/m1/s1. The van der Waals surface area contributed by atoms with Crippen LogP contribution < -0.4 is 4.74 Å². The van der Waals surface area contributed by atoms with Gasteiger partial charge < -0.3 is 14.3 Å². The molecule has 4 heteroatoms. The van der Waals surface area contributed by atoms with Gasteiger partial charge in [-0.25, -0.2) is 0 Å². The summed E-state index contributed by atoms with van der Waals surface area (Å²) in [5, 5.41) is 12.4. The van der Waals surface area contributed by atoms with E-state index in [0.717, 1.165) is 45.6 Å². The number of likely N-dealkylation sites (N-methyl/N-ethyl adjacent to an activating group) is 1. The van der Waals surface area contributed by atoms with Crippen molar-refractivity contribution in [3.63, 3.8) is 0 Å². The molecule has 0 spiro atoms. The van der Waals surface area contributed by atoms with Gasteiger partial charge in [-0.05, 0) is 55.5 Å². The maximum Gasteiger partial charge on any atom is 0.131 e. The van der Waals surface area contributed by atoms with Gasteiger partial charge in [-0.3, -0.25) is 4.98 Å². The molecule has 0 aliphatic carbocycles. The van der Waals surface area contributed by atoms with Crippen molar-refractivity contribution >= 4 is 10.9 Å². The molecular weight excluding hydrogens is 300 g/mol. The van der Waals surface area contributed by atoms with Crippen molar-refractivity contribution in [1.82, 2.24) is 4.98 Å². The van der Waals surface area contributed by atoms with Gasteiger partial charge in [-0.2, -0.15) is 0 Å². The number of quaternary nitrogens is 1. The quantitative estimate of drug-likeness (QED) is 0.876. The summed E-state index contributed by atoms with van der Waals surface area (Å²) < 4.78 is 6.45. The molecule has 128 valence electrons. The molecule has 4 heterocycles. The van der Waals surface area contributed by atoms with E-state index in [2.05, 4.69) is 11.9 Å². The Bertz CT molecular complexity index is 737. The number of methoxy groups -OCH3 is 1. The minimum atomic E-state index is -0.439. The van der Waals surface area contributed by atoms with Gasteiger partial charge in [0.15, 0.2) is 0 Å². The minimum absolute atomic E-state index is 0.305. The van der Waals surface area contributed by atoms with Gasteiger partial charge in [0.05, 0.1) is 32.3 Å². The number of hydrogen-bond acceptors (Lipinski definition) is 3. The molecule has 1 aromatic heterocycles. The molecule has 0 amide bonds. The number of aliphatic hydroxyl groups is 1. The molecule has 5 rings (SSSR count). The van der Waals surface area contributed by atoms with Gasteiger partial charge in [0, 0.05) is 18.0 Å². The lowest BCUT2D eigenvalue weighted by Gasteiger charge is -2.55. The van der Waals surface area contributed by atoms with Crippen LogP contribution in [0.4, 0.5) is 0 Å². The summed E-state index contributed by atoms with van der Waals surface area (Å²) in [5.74, 6) is 1.60. The maximum absolute atomic E-state index is 11.3. The van der Waals surface area contributed by atoms with Crippen molar-refractivity contribution in [1.29, 1.82) is 0 Å². The highest BCUT2D eigenvalue weighted by molar-refractivity contribution is 5.83. The van der Waals surface area contributed by atoms with E-state index < -0.39 is 6.10 Å². The number of ether oxygens (including phenoxy) is 1. The largest absolute Gasteiger partial charge is 0.497 e. The van der Waals surface area contributed by atoms with E-state index >= 15 is 0 Å². The van der Waals surface area contributed by atoms with Crippen LogP contribution in [0.1, 0.15) is 37.9 Å². The first-order valence-electron chi connectivity index (χ1n) is 9.13. The predicted octanol–water partition coefficient (Wildman–Crippen LogP) is 3.30. The summed E-state index contributed by atoms with van der Waals surface area (Å²) in [7, 11) is 1.68. The monoisotopic (exact) mass is 327 g/mol. The average Bonchev–Trinajstić information content (AvgIpc) is 2.67. The molecule has 1 N–H and O–H groups in total. The highest BCUT2D eigenvalue weighted by Gasteiger charge is 2.49. The molecule has 2 bridgehead atoms. The van der Waals surface area contributed by atoms with Crippen molar-refractivity contribution in [3.8, 4) is 5.75 Å². The minimum Gasteiger partial charge on any atom is -0.497 e. The fourth-order valence-corrected chi connectivity index (χ4v) is 4.99. The smallest absolute Gasteiger partial charge is 0.131 e. The van der Waals surface area contributed by atoms with Gasteiger partial charge in [-0.15, -0.1) is 0 Å². The second-order valence-corrected chi connectivity index (χ2v) is 7.46. The zero-order chi connectivity index (χ0) is 16.7. The molecule has 0 saturated carbocycles. The van der Waals surface area contributed by atoms with Gasteiger partial charge in [0.25, 0.3) is 0 Å². The van der Waals surface area contributed by atoms with Crippen LogP contribution in [0.5, 0.6) is 5.75 Å². The van der Waals surface area contributed by atoms with E-state index in [4.69, 9.17) is 4.74 Å². The Labute approximate surface area is 143 Å². The fraction of sp³-hybridized carbons (Fsp3) is 0.550.